The molecule has 2 aliphatic carbocycles. The summed E-state index contributed by atoms with van der Waals surface area (Å²) in [6.07, 6.45) is 14.6. The number of rotatable bonds is 4. The van der Waals surface area contributed by atoms with Gasteiger partial charge in [0, 0.05) is 78.5 Å². The highest BCUT2D eigenvalue weighted by Gasteiger charge is 2.39. The molecule has 2 aliphatic heterocycles. The summed E-state index contributed by atoms with van der Waals surface area (Å²) in [4.78, 5) is 13.8. The first-order valence-electron chi connectivity index (χ1n) is 19.3. The van der Waals surface area contributed by atoms with Crippen molar-refractivity contribution in [2.45, 2.75) is 68.2 Å². The van der Waals surface area contributed by atoms with E-state index < -0.39 is 10.0 Å². The summed E-state index contributed by atoms with van der Waals surface area (Å²) < 4.78 is 33.5. The van der Waals surface area contributed by atoms with Crippen LogP contribution < -0.4 is 5.32 Å². The normalized spacial score (nSPS) is 20.3. The first-order valence-corrected chi connectivity index (χ1v) is 24.7. The molecule has 9 rings (SSSR count). The minimum Gasteiger partial charge on any atom is -0.339 e. The molecule has 57 heavy (non-hydrogen) atoms. The van der Waals surface area contributed by atoms with Gasteiger partial charge in [-0.25, -0.2) is 13.4 Å². The van der Waals surface area contributed by atoms with Gasteiger partial charge in [0.1, 0.15) is 0 Å². The van der Waals surface area contributed by atoms with Gasteiger partial charge in [0.05, 0.1) is 17.7 Å². The van der Waals surface area contributed by atoms with Crippen molar-refractivity contribution in [2.24, 2.45) is 18.9 Å². The minimum absolute atomic E-state index is 0.0805. The number of imidazole rings is 1. The number of aryl methyl sites for hydroxylation is 5. The van der Waals surface area contributed by atoms with E-state index in [0.29, 0.717) is 24.9 Å². The first kappa shape index (κ1) is 42.0. The van der Waals surface area contributed by atoms with E-state index in [1.54, 1.807) is 22.1 Å². The second kappa shape index (κ2) is 17.7. The topological polar surface area (TPSA) is 93.0 Å². The van der Waals surface area contributed by atoms with E-state index in [9.17, 15) is 8.42 Å². The lowest BCUT2D eigenvalue weighted by atomic mass is 9.77. The van der Waals surface area contributed by atoms with Crippen LogP contribution in [-0.2, 0) is 42.8 Å². The molecule has 5 aromatic rings. The molecule has 0 radical (unpaired) electrons. The van der Waals surface area contributed by atoms with Crippen LogP contribution >= 0.6 is 86.9 Å². The third-order valence-corrected chi connectivity index (χ3v) is 16.3. The monoisotopic (exact) mass is 1080 g/mol. The van der Waals surface area contributed by atoms with Gasteiger partial charge >= 0.3 is 0 Å². The third kappa shape index (κ3) is 8.89. The third-order valence-electron chi connectivity index (χ3n) is 11.9. The van der Waals surface area contributed by atoms with E-state index in [1.165, 1.54) is 58.2 Å². The molecule has 0 amide bonds. The molecule has 0 unspecified atom stereocenters. The summed E-state index contributed by atoms with van der Waals surface area (Å²) in [5.41, 5.74) is 10.2. The number of nitrogens with one attached hydrogen (secondary N) is 1. The van der Waals surface area contributed by atoms with Crippen LogP contribution in [0.2, 0.25) is 10.0 Å². The molecule has 300 valence electrons. The Morgan fingerprint density at radius 2 is 1.14 bits per heavy atom. The average molecular weight is 1090 g/mol. The average Bonchev–Trinajstić information content (AvgIpc) is 3.48. The maximum atomic E-state index is 13.1. The Bertz CT molecular complexity index is 2420. The van der Waals surface area contributed by atoms with Crippen molar-refractivity contribution < 1.29 is 8.42 Å². The molecule has 2 saturated heterocycles. The van der Waals surface area contributed by atoms with E-state index in [1.807, 2.05) is 24.5 Å². The Labute approximate surface area is 378 Å². The fraction of sp³-hybridized carbons (Fsp3) is 0.405. The zero-order valence-corrected chi connectivity index (χ0v) is 40.0. The van der Waals surface area contributed by atoms with Gasteiger partial charge in [-0.1, -0.05) is 55.1 Å². The van der Waals surface area contributed by atoms with Crippen molar-refractivity contribution in [3.8, 4) is 0 Å². The lowest BCUT2D eigenvalue weighted by molar-refractivity contribution is 0.254. The highest BCUT2D eigenvalue weighted by molar-refractivity contribution is 9.11. The molecule has 2 fully saturated rings. The van der Waals surface area contributed by atoms with Crippen molar-refractivity contribution in [1.82, 2.24) is 29.1 Å². The fourth-order valence-electron chi connectivity index (χ4n) is 9.34. The van der Waals surface area contributed by atoms with Crippen LogP contribution in [0.25, 0.3) is 0 Å². The van der Waals surface area contributed by atoms with Crippen molar-refractivity contribution in [3.05, 3.63) is 134 Å². The Kier molecular flexibility index (Phi) is 13.1. The number of pyridine rings is 2. The Balaban J connectivity index is 0.000000168. The van der Waals surface area contributed by atoms with Gasteiger partial charge in [-0.15, -0.1) is 0 Å². The number of nitrogens with zero attached hydrogens (tertiary/aromatic N) is 5. The van der Waals surface area contributed by atoms with Crippen molar-refractivity contribution >= 4 is 96.9 Å². The highest BCUT2D eigenvalue weighted by atomic mass is 79.9. The van der Waals surface area contributed by atoms with Crippen LogP contribution in [0, 0.1) is 11.8 Å². The number of sulfonamides is 1. The van der Waals surface area contributed by atoms with Crippen LogP contribution in [0.5, 0.6) is 0 Å². The summed E-state index contributed by atoms with van der Waals surface area (Å²) in [5, 5.41) is 5.13. The molecule has 4 aliphatic rings. The van der Waals surface area contributed by atoms with Crippen molar-refractivity contribution in [3.63, 3.8) is 0 Å². The lowest BCUT2D eigenvalue weighted by Gasteiger charge is -2.36. The summed E-state index contributed by atoms with van der Waals surface area (Å²) >= 11 is 27.5. The second-order valence-electron chi connectivity index (χ2n) is 15.5. The van der Waals surface area contributed by atoms with Crippen molar-refractivity contribution in [1.29, 1.82) is 0 Å². The summed E-state index contributed by atoms with van der Waals surface area (Å²) in [5.74, 6) is 1.31. The molecule has 1 N–H and O–H groups in total. The van der Waals surface area contributed by atoms with Crippen LogP contribution in [0.4, 0.5) is 0 Å². The zero-order chi connectivity index (χ0) is 40.0. The molecule has 15 heteroatoms. The SMILES string of the molecule is Clc1cc(Br)c2c(c1)CCc1cc(Br)cnc1[C@@H]2C1CCNCC1.Cn1cnc(S(=O)(=O)N2CCC([C@H]3c4ncc(Br)cc4CCc4cc(Cl)cc(Br)c43)CC2)c1. The second-order valence-corrected chi connectivity index (χ2v) is 21.8. The largest absolute Gasteiger partial charge is 0.339 e. The predicted octanol–water partition coefficient (Wildman–Crippen LogP) is 10.8. The summed E-state index contributed by atoms with van der Waals surface area (Å²) in [6, 6.07) is 12.6. The zero-order valence-electron chi connectivity index (χ0n) is 31.3. The van der Waals surface area contributed by atoms with Gasteiger partial charge < -0.3 is 9.88 Å². The molecular formula is C42H42Br4Cl2N6O2S. The Hall–Kier alpha value is -1.68. The molecule has 0 bridgehead atoms. The first-order chi connectivity index (χ1) is 27.4. The number of hydrogen-bond donors (Lipinski definition) is 1. The number of hydrogen-bond acceptors (Lipinski definition) is 6. The fourth-order valence-corrected chi connectivity index (χ4v) is 13.8. The van der Waals surface area contributed by atoms with Gasteiger partial charge in [0.25, 0.3) is 10.0 Å². The van der Waals surface area contributed by atoms with Gasteiger partial charge in [-0.05, 0) is 178 Å². The van der Waals surface area contributed by atoms with Gasteiger partial charge in [-0.3, -0.25) is 9.97 Å². The summed E-state index contributed by atoms with van der Waals surface area (Å²) in [6.45, 7) is 3.11. The van der Waals surface area contributed by atoms with Gasteiger partial charge in [-0.2, -0.15) is 4.31 Å². The lowest BCUT2D eigenvalue weighted by Crippen LogP contribution is -2.40. The van der Waals surface area contributed by atoms with E-state index in [-0.39, 0.29) is 16.9 Å². The Morgan fingerprint density at radius 3 is 1.61 bits per heavy atom. The van der Waals surface area contributed by atoms with E-state index in [2.05, 4.69) is 98.3 Å². The maximum absolute atomic E-state index is 13.1. The van der Waals surface area contributed by atoms with Crippen LogP contribution in [0.3, 0.4) is 0 Å². The van der Waals surface area contributed by atoms with E-state index in [4.69, 9.17) is 33.2 Å². The number of halogens is 6. The van der Waals surface area contributed by atoms with Gasteiger partial charge in [0.2, 0.25) is 0 Å². The molecule has 5 heterocycles. The van der Waals surface area contributed by atoms with Crippen molar-refractivity contribution in [2.75, 3.05) is 26.2 Å². The van der Waals surface area contributed by atoms with E-state index in [0.717, 1.165) is 85.2 Å². The summed E-state index contributed by atoms with van der Waals surface area (Å²) in [7, 11) is -1.82. The quantitative estimate of drug-likeness (QED) is 0.193. The highest BCUT2D eigenvalue weighted by Crippen LogP contribution is 2.48. The predicted molar refractivity (Wildman–Crippen MR) is 241 cm³/mol. The standard InChI is InChI=1S/C23H23Br2ClN4O2S.C19H19Br2ClN2/c1-29-12-20(28-13-29)33(31,32)30-6-4-14(5-7-30)22-21-15(9-18(26)10-19(21)25)2-3-16-8-17(24)11-27-23(16)22;20-14-7-13-2-1-12-8-15(22)9-16(21)17(12)18(19(13)24-10-14)11-3-5-23-6-4-11/h8-14,22H,2-7H2,1H3;7-11,18,23H,1-6H2/t22-;18-/m11/s1. The number of aromatic nitrogens is 4. The maximum Gasteiger partial charge on any atom is 0.262 e. The van der Waals surface area contributed by atoms with Crippen LogP contribution in [-0.4, -0.2) is 58.4 Å². The molecule has 2 aromatic carbocycles. The number of piperidine rings is 2. The van der Waals surface area contributed by atoms with Gasteiger partial charge in [0.15, 0.2) is 5.03 Å². The van der Waals surface area contributed by atoms with E-state index >= 15 is 0 Å². The molecule has 0 spiro atoms. The minimum atomic E-state index is -3.59. The van der Waals surface area contributed by atoms with Crippen LogP contribution in [0.1, 0.15) is 82.3 Å². The molecule has 8 nitrogen and oxygen atoms in total. The molecule has 2 atom stereocenters. The smallest absolute Gasteiger partial charge is 0.262 e. The number of fused-ring (bicyclic) bond motifs is 4. The van der Waals surface area contributed by atoms with Crippen LogP contribution in [0.15, 0.2) is 84.2 Å². The Morgan fingerprint density at radius 1 is 0.667 bits per heavy atom. The number of benzene rings is 2. The molecule has 0 saturated carbocycles. The molecule has 3 aromatic heterocycles. The molecular weight excluding hydrogens is 1040 g/mol.